The van der Waals surface area contributed by atoms with E-state index < -0.39 is 0 Å². The van der Waals surface area contributed by atoms with Crippen molar-refractivity contribution in [3.05, 3.63) is 42.3 Å². The van der Waals surface area contributed by atoms with Crippen LogP contribution in [0.1, 0.15) is 19.8 Å². The van der Waals surface area contributed by atoms with Gasteiger partial charge < -0.3 is 20.3 Å². The number of amides is 1. The van der Waals surface area contributed by atoms with E-state index in [-0.39, 0.29) is 17.6 Å². The lowest BCUT2D eigenvalue weighted by atomic mass is 9.97. The number of aromatic nitrogens is 2. The average molecular weight is 387 g/mol. The van der Waals surface area contributed by atoms with Crippen LogP contribution in [0, 0.1) is 11.7 Å². The van der Waals surface area contributed by atoms with E-state index in [9.17, 15) is 9.18 Å². The van der Waals surface area contributed by atoms with Gasteiger partial charge in [-0.15, -0.1) is 0 Å². The van der Waals surface area contributed by atoms with Crippen LogP contribution in [0.25, 0.3) is 0 Å². The van der Waals surface area contributed by atoms with Crippen LogP contribution < -0.4 is 15.5 Å². The van der Waals surface area contributed by atoms with Gasteiger partial charge in [0.25, 0.3) is 0 Å². The molecule has 0 saturated carbocycles. The number of rotatable bonds is 8. The number of carbonyl (C=O) groups is 1. The van der Waals surface area contributed by atoms with Crippen molar-refractivity contribution in [2.75, 3.05) is 43.1 Å². The SMILES string of the molecule is CCOCCNC(=O)C1CCCN(c2nccc(Nc3ccccc3F)n2)C1. The lowest BCUT2D eigenvalue weighted by Crippen LogP contribution is -2.44. The van der Waals surface area contributed by atoms with E-state index in [4.69, 9.17) is 4.74 Å². The topological polar surface area (TPSA) is 79.4 Å². The second kappa shape index (κ2) is 9.98. The van der Waals surface area contributed by atoms with Crippen LogP contribution in [0.15, 0.2) is 36.5 Å². The number of hydrogen-bond donors (Lipinski definition) is 2. The Balaban J connectivity index is 1.61. The van der Waals surface area contributed by atoms with Crippen molar-refractivity contribution in [2.45, 2.75) is 19.8 Å². The van der Waals surface area contributed by atoms with E-state index in [0.717, 1.165) is 19.4 Å². The molecule has 1 aliphatic heterocycles. The molecule has 1 fully saturated rings. The summed E-state index contributed by atoms with van der Waals surface area (Å²) in [4.78, 5) is 23.2. The Morgan fingerprint density at radius 1 is 1.36 bits per heavy atom. The molecule has 7 nitrogen and oxygen atoms in total. The van der Waals surface area contributed by atoms with Crippen molar-refractivity contribution in [2.24, 2.45) is 5.92 Å². The van der Waals surface area contributed by atoms with Crippen molar-refractivity contribution in [1.29, 1.82) is 0 Å². The Hall–Kier alpha value is -2.74. The van der Waals surface area contributed by atoms with E-state index in [1.807, 2.05) is 11.8 Å². The van der Waals surface area contributed by atoms with Crippen LogP contribution in [0.2, 0.25) is 0 Å². The standard InChI is InChI=1S/C20H26FN5O2/c1-2-28-13-11-22-19(27)15-6-5-12-26(14-15)20-23-10-9-18(25-20)24-17-8-4-3-7-16(17)21/h3-4,7-10,15H,2,5-6,11-14H2,1H3,(H,22,27)(H,23,24,25). The summed E-state index contributed by atoms with van der Waals surface area (Å²) in [7, 11) is 0. The lowest BCUT2D eigenvalue weighted by Gasteiger charge is -2.32. The molecular weight excluding hydrogens is 361 g/mol. The molecule has 1 unspecified atom stereocenters. The molecule has 150 valence electrons. The Labute approximate surface area is 164 Å². The highest BCUT2D eigenvalue weighted by atomic mass is 19.1. The third kappa shape index (κ3) is 5.39. The zero-order chi connectivity index (χ0) is 19.8. The van der Waals surface area contributed by atoms with E-state index in [1.165, 1.54) is 6.07 Å². The first-order valence-electron chi connectivity index (χ1n) is 9.62. The van der Waals surface area contributed by atoms with Crippen LogP contribution in [-0.4, -0.2) is 48.7 Å². The highest BCUT2D eigenvalue weighted by molar-refractivity contribution is 5.79. The maximum Gasteiger partial charge on any atom is 0.227 e. The molecular formula is C20H26FN5O2. The first kappa shape index (κ1) is 20.0. The van der Waals surface area contributed by atoms with Gasteiger partial charge in [-0.2, -0.15) is 4.98 Å². The largest absolute Gasteiger partial charge is 0.380 e. The fourth-order valence-electron chi connectivity index (χ4n) is 3.18. The highest BCUT2D eigenvalue weighted by Crippen LogP contribution is 2.23. The molecule has 2 aromatic rings. The number of halogens is 1. The van der Waals surface area contributed by atoms with Gasteiger partial charge in [0.05, 0.1) is 18.2 Å². The molecule has 1 atom stereocenters. The Morgan fingerprint density at radius 2 is 2.21 bits per heavy atom. The van der Waals surface area contributed by atoms with Gasteiger partial charge in [0.15, 0.2) is 0 Å². The summed E-state index contributed by atoms with van der Waals surface area (Å²) in [6, 6.07) is 8.13. The number of nitrogens with one attached hydrogen (secondary N) is 2. The normalized spacial score (nSPS) is 16.6. The summed E-state index contributed by atoms with van der Waals surface area (Å²) in [6.45, 7) is 4.94. The first-order chi connectivity index (χ1) is 13.7. The second-order valence-corrected chi connectivity index (χ2v) is 6.62. The van der Waals surface area contributed by atoms with Crippen LogP contribution in [0.4, 0.5) is 21.8 Å². The number of anilines is 3. The summed E-state index contributed by atoms with van der Waals surface area (Å²) in [6.07, 6.45) is 3.36. The van der Waals surface area contributed by atoms with Crippen molar-refractivity contribution in [3.63, 3.8) is 0 Å². The molecule has 1 aromatic heterocycles. The summed E-state index contributed by atoms with van der Waals surface area (Å²) >= 11 is 0. The lowest BCUT2D eigenvalue weighted by molar-refractivity contribution is -0.125. The molecule has 0 radical (unpaired) electrons. The van der Waals surface area contributed by atoms with Gasteiger partial charge in [0, 0.05) is 32.4 Å². The number of piperidine rings is 1. The van der Waals surface area contributed by atoms with Gasteiger partial charge in [-0.1, -0.05) is 12.1 Å². The van der Waals surface area contributed by atoms with Crippen LogP contribution in [-0.2, 0) is 9.53 Å². The minimum absolute atomic E-state index is 0.0324. The van der Waals surface area contributed by atoms with Gasteiger partial charge in [0.2, 0.25) is 11.9 Å². The first-order valence-corrected chi connectivity index (χ1v) is 9.62. The quantitative estimate of drug-likeness (QED) is 0.678. The molecule has 1 aliphatic rings. The molecule has 8 heteroatoms. The smallest absolute Gasteiger partial charge is 0.227 e. The third-order valence-corrected chi connectivity index (χ3v) is 4.60. The molecule has 1 aromatic carbocycles. The average Bonchev–Trinajstić information content (AvgIpc) is 2.73. The number of benzene rings is 1. The molecule has 2 N–H and O–H groups in total. The monoisotopic (exact) mass is 387 g/mol. The Morgan fingerprint density at radius 3 is 3.04 bits per heavy atom. The Kier molecular flexibility index (Phi) is 7.13. The number of hydrogen-bond acceptors (Lipinski definition) is 6. The molecule has 28 heavy (non-hydrogen) atoms. The van der Waals surface area contributed by atoms with Crippen LogP contribution >= 0.6 is 0 Å². The van der Waals surface area contributed by atoms with Crippen molar-refractivity contribution in [1.82, 2.24) is 15.3 Å². The fourth-order valence-corrected chi connectivity index (χ4v) is 3.18. The zero-order valence-corrected chi connectivity index (χ0v) is 16.0. The van der Waals surface area contributed by atoms with Gasteiger partial charge in [-0.05, 0) is 38.0 Å². The third-order valence-electron chi connectivity index (χ3n) is 4.60. The molecule has 3 rings (SSSR count). The number of nitrogens with zero attached hydrogens (tertiary/aromatic N) is 3. The molecule has 0 spiro atoms. The van der Waals surface area contributed by atoms with Crippen LogP contribution in [0.5, 0.6) is 0 Å². The van der Waals surface area contributed by atoms with Gasteiger partial charge in [-0.25, -0.2) is 9.37 Å². The van der Waals surface area contributed by atoms with Crippen molar-refractivity contribution < 1.29 is 13.9 Å². The van der Waals surface area contributed by atoms with Crippen molar-refractivity contribution >= 4 is 23.4 Å². The minimum atomic E-state index is -0.343. The van der Waals surface area contributed by atoms with E-state index >= 15 is 0 Å². The van der Waals surface area contributed by atoms with Crippen LogP contribution in [0.3, 0.4) is 0 Å². The second-order valence-electron chi connectivity index (χ2n) is 6.62. The van der Waals surface area contributed by atoms with Crippen molar-refractivity contribution in [3.8, 4) is 0 Å². The van der Waals surface area contributed by atoms with E-state index in [2.05, 4.69) is 20.6 Å². The van der Waals surface area contributed by atoms with Gasteiger partial charge in [-0.3, -0.25) is 4.79 Å². The summed E-state index contributed by atoms with van der Waals surface area (Å²) in [5.74, 6) is 0.628. The number of para-hydroxylation sites is 1. The molecule has 1 amide bonds. The predicted octanol–water partition coefficient (Wildman–Crippen LogP) is 2.73. The minimum Gasteiger partial charge on any atom is -0.380 e. The molecule has 2 heterocycles. The maximum atomic E-state index is 13.9. The summed E-state index contributed by atoms with van der Waals surface area (Å²) < 4.78 is 19.1. The van der Waals surface area contributed by atoms with E-state index in [1.54, 1.807) is 30.5 Å². The number of carbonyl (C=O) groups excluding carboxylic acids is 1. The zero-order valence-electron chi connectivity index (χ0n) is 16.0. The van der Waals surface area contributed by atoms with E-state index in [0.29, 0.717) is 43.8 Å². The number of ether oxygens (including phenoxy) is 1. The highest BCUT2D eigenvalue weighted by Gasteiger charge is 2.27. The molecule has 1 saturated heterocycles. The predicted molar refractivity (Wildman–Crippen MR) is 106 cm³/mol. The van der Waals surface area contributed by atoms with Gasteiger partial charge >= 0.3 is 0 Å². The van der Waals surface area contributed by atoms with Gasteiger partial charge in [0.1, 0.15) is 11.6 Å². The molecule has 0 aliphatic carbocycles. The summed E-state index contributed by atoms with van der Waals surface area (Å²) in [5, 5.41) is 5.90. The maximum absolute atomic E-state index is 13.9. The Bertz CT molecular complexity index is 789. The fraction of sp³-hybridized carbons (Fsp3) is 0.450. The molecule has 0 bridgehead atoms. The summed E-state index contributed by atoms with van der Waals surface area (Å²) in [5.41, 5.74) is 0.359.